The van der Waals surface area contributed by atoms with Crippen LogP contribution in [0.2, 0.25) is 19.6 Å². The van der Waals surface area contributed by atoms with Crippen molar-refractivity contribution in [1.29, 1.82) is 0 Å². The molecule has 0 N–H and O–H groups in total. The van der Waals surface area contributed by atoms with Crippen molar-refractivity contribution in [1.82, 2.24) is 0 Å². The van der Waals surface area contributed by atoms with Gasteiger partial charge in [-0.25, -0.2) is 0 Å². The van der Waals surface area contributed by atoms with Gasteiger partial charge in [0.05, 0.1) is 8.07 Å². The Balaban J connectivity index is 3.02. The summed E-state index contributed by atoms with van der Waals surface area (Å²) in [7, 11) is -1.14. The summed E-state index contributed by atoms with van der Waals surface area (Å²) in [5.41, 5.74) is 1.23. The van der Waals surface area contributed by atoms with Crippen molar-refractivity contribution < 1.29 is 0 Å². The maximum Gasteiger partial charge on any atom is 0.0776 e. The third-order valence-electron chi connectivity index (χ3n) is 1.95. The fraction of sp³-hybridized carbons (Fsp3) is 0.400. The van der Waals surface area contributed by atoms with Crippen molar-refractivity contribution in [3.05, 3.63) is 29.8 Å². The maximum atomic E-state index is 5.76. The standard InChI is InChI=1S/C10H15ClSi/c1-12(2,3)10-6-4-5-9(7-10)8-11/h4-7H,8H2,1-3H3. The molecular weight excluding hydrogens is 184 g/mol. The fourth-order valence-electron chi connectivity index (χ4n) is 1.12. The van der Waals surface area contributed by atoms with Gasteiger partial charge in [-0.2, -0.15) is 0 Å². The van der Waals surface area contributed by atoms with Crippen LogP contribution >= 0.6 is 11.6 Å². The number of hydrogen-bond acceptors (Lipinski definition) is 0. The summed E-state index contributed by atoms with van der Waals surface area (Å²) in [4.78, 5) is 0. The van der Waals surface area contributed by atoms with Crippen LogP contribution in [0.15, 0.2) is 24.3 Å². The van der Waals surface area contributed by atoms with Crippen LogP contribution in [0.1, 0.15) is 5.56 Å². The Morgan fingerprint density at radius 1 is 1.25 bits per heavy atom. The highest BCUT2D eigenvalue weighted by molar-refractivity contribution is 6.88. The Hall–Kier alpha value is -0.273. The Kier molecular flexibility index (Phi) is 2.97. The van der Waals surface area contributed by atoms with Gasteiger partial charge in [0.1, 0.15) is 0 Å². The Morgan fingerprint density at radius 3 is 2.42 bits per heavy atom. The molecule has 0 saturated heterocycles. The quantitative estimate of drug-likeness (QED) is 0.507. The van der Waals surface area contributed by atoms with Crippen molar-refractivity contribution in [3.63, 3.8) is 0 Å². The molecule has 0 fully saturated rings. The molecule has 0 aromatic heterocycles. The molecule has 0 bridgehead atoms. The molecule has 0 unspecified atom stereocenters. The molecule has 0 aliphatic carbocycles. The zero-order valence-electron chi connectivity index (χ0n) is 7.89. The molecule has 12 heavy (non-hydrogen) atoms. The monoisotopic (exact) mass is 198 g/mol. The molecule has 0 saturated carbocycles. The van der Waals surface area contributed by atoms with E-state index in [-0.39, 0.29) is 0 Å². The van der Waals surface area contributed by atoms with Gasteiger partial charge < -0.3 is 0 Å². The Labute approximate surface area is 80.6 Å². The lowest BCUT2D eigenvalue weighted by Gasteiger charge is -2.16. The second-order valence-corrected chi connectivity index (χ2v) is 9.43. The Bertz CT molecular complexity index is 263. The number of rotatable bonds is 2. The molecule has 0 amide bonds. The van der Waals surface area contributed by atoms with Gasteiger partial charge in [-0.3, -0.25) is 0 Å². The second-order valence-electron chi connectivity index (χ2n) is 4.08. The van der Waals surface area contributed by atoms with E-state index < -0.39 is 8.07 Å². The second kappa shape index (κ2) is 3.63. The topological polar surface area (TPSA) is 0 Å². The van der Waals surface area contributed by atoms with Gasteiger partial charge in [0, 0.05) is 5.88 Å². The Morgan fingerprint density at radius 2 is 1.92 bits per heavy atom. The first kappa shape index (κ1) is 9.81. The lowest BCUT2D eigenvalue weighted by Crippen LogP contribution is -2.37. The van der Waals surface area contributed by atoms with E-state index in [2.05, 4.69) is 43.9 Å². The van der Waals surface area contributed by atoms with E-state index in [1.807, 2.05) is 0 Å². The van der Waals surface area contributed by atoms with Crippen molar-refractivity contribution >= 4 is 24.9 Å². The maximum absolute atomic E-state index is 5.76. The molecule has 1 aromatic carbocycles. The highest BCUT2D eigenvalue weighted by Crippen LogP contribution is 2.06. The predicted octanol–water partition coefficient (Wildman–Crippen LogP) is 2.97. The fourth-order valence-corrected chi connectivity index (χ4v) is 2.50. The molecular formula is C10H15ClSi. The summed E-state index contributed by atoms with van der Waals surface area (Å²) in [6, 6.07) is 8.63. The minimum Gasteiger partial charge on any atom is -0.122 e. The molecule has 0 aliphatic rings. The first-order valence-corrected chi connectivity index (χ1v) is 8.23. The van der Waals surface area contributed by atoms with Crippen molar-refractivity contribution in [3.8, 4) is 0 Å². The smallest absolute Gasteiger partial charge is 0.0776 e. The number of alkyl halides is 1. The van der Waals surface area contributed by atoms with E-state index in [9.17, 15) is 0 Å². The first-order chi connectivity index (χ1) is 5.54. The van der Waals surface area contributed by atoms with Gasteiger partial charge in [0.2, 0.25) is 0 Å². The average molecular weight is 199 g/mol. The molecule has 0 heterocycles. The van der Waals surface area contributed by atoms with Crippen LogP contribution in [0.3, 0.4) is 0 Å². The van der Waals surface area contributed by atoms with Crippen LogP contribution < -0.4 is 5.19 Å². The van der Waals surface area contributed by atoms with Gasteiger partial charge in [-0.15, -0.1) is 11.6 Å². The van der Waals surface area contributed by atoms with E-state index in [0.29, 0.717) is 5.88 Å². The largest absolute Gasteiger partial charge is 0.122 e. The summed E-state index contributed by atoms with van der Waals surface area (Å²) in [5.74, 6) is 0.623. The molecule has 1 rings (SSSR count). The lowest BCUT2D eigenvalue weighted by atomic mass is 10.2. The van der Waals surface area contributed by atoms with Gasteiger partial charge in [-0.1, -0.05) is 49.1 Å². The number of hydrogen-bond donors (Lipinski definition) is 0. The van der Waals surface area contributed by atoms with E-state index in [4.69, 9.17) is 11.6 Å². The van der Waals surface area contributed by atoms with Gasteiger partial charge in [-0.05, 0) is 5.56 Å². The van der Waals surface area contributed by atoms with Crippen molar-refractivity contribution in [2.45, 2.75) is 25.5 Å². The molecule has 2 heteroatoms. The SMILES string of the molecule is C[Si](C)(C)c1cccc(CCl)c1. The minimum absolute atomic E-state index is 0.623. The zero-order chi connectivity index (χ0) is 9.19. The van der Waals surface area contributed by atoms with Crippen LogP contribution in [0.4, 0.5) is 0 Å². The summed E-state index contributed by atoms with van der Waals surface area (Å²) >= 11 is 5.76. The molecule has 0 atom stereocenters. The average Bonchev–Trinajstić information content (AvgIpc) is 2.03. The summed E-state index contributed by atoms with van der Waals surface area (Å²) in [5, 5.41) is 1.49. The number of benzene rings is 1. The molecule has 66 valence electrons. The van der Waals surface area contributed by atoms with Crippen molar-refractivity contribution in [2.75, 3.05) is 0 Å². The molecule has 0 aliphatic heterocycles. The van der Waals surface area contributed by atoms with Crippen LogP contribution in [0, 0.1) is 0 Å². The van der Waals surface area contributed by atoms with Gasteiger partial charge >= 0.3 is 0 Å². The highest BCUT2D eigenvalue weighted by Gasteiger charge is 2.15. The highest BCUT2D eigenvalue weighted by atomic mass is 35.5. The summed E-state index contributed by atoms with van der Waals surface area (Å²) in [6.07, 6.45) is 0. The van der Waals surface area contributed by atoms with E-state index in [0.717, 1.165) is 0 Å². The van der Waals surface area contributed by atoms with Crippen LogP contribution in [-0.4, -0.2) is 8.07 Å². The van der Waals surface area contributed by atoms with Crippen LogP contribution in [-0.2, 0) is 5.88 Å². The van der Waals surface area contributed by atoms with Gasteiger partial charge in [0.15, 0.2) is 0 Å². The first-order valence-electron chi connectivity index (χ1n) is 4.19. The molecule has 0 nitrogen and oxygen atoms in total. The third-order valence-corrected chi connectivity index (χ3v) is 4.30. The summed E-state index contributed by atoms with van der Waals surface area (Å²) < 4.78 is 0. The number of halogens is 1. The lowest BCUT2D eigenvalue weighted by molar-refractivity contribution is 1.41. The zero-order valence-corrected chi connectivity index (χ0v) is 9.65. The normalized spacial score (nSPS) is 11.7. The molecule has 1 aromatic rings. The molecule has 0 spiro atoms. The third kappa shape index (κ3) is 2.36. The van der Waals surface area contributed by atoms with Crippen LogP contribution in [0.25, 0.3) is 0 Å². The van der Waals surface area contributed by atoms with E-state index >= 15 is 0 Å². The van der Waals surface area contributed by atoms with E-state index in [1.54, 1.807) is 0 Å². The molecule has 0 radical (unpaired) electrons. The van der Waals surface area contributed by atoms with Crippen LogP contribution in [0.5, 0.6) is 0 Å². The van der Waals surface area contributed by atoms with Crippen molar-refractivity contribution in [2.24, 2.45) is 0 Å². The van der Waals surface area contributed by atoms with Gasteiger partial charge in [0.25, 0.3) is 0 Å². The predicted molar refractivity (Wildman–Crippen MR) is 59.0 cm³/mol. The van der Waals surface area contributed by atoms with E-state index in [1.165, 1.54) is 10.8 Å². The minimum atomic E-state index is -1.14. The summed E-state index contributed by atoms with van der Waals surface area (Å²) in [6.45, 7) is 7.04.